The fraction of sp³-hybridized carbons (Fsp3) is 0.900. The van der Waals surface area contributed by atoms with Crippen LogP contribution in [0, 0.1) is 23.7 Å². The molecule has 3 rings (SSSR count). The van der Waals surface area contributed by atoms with Crippen molar-refractivity contribution >= 4 is 25.2 Å². The Bertz CT molecular complexity index is 850. The van der Waals surface area contributed by atoms with Gasteiger partial charge in [0.1, 0.15) is 12.2 Å². The van der Waals surface area contributed by atoms with Crippen LogP contribution in [0.5, 0.6) is 0 Å². The van der Waals surface area contributed by atoms with E-state index in [0.717, 1.165) is 38.5 Å². The molecule has 0 unspecified atom stereocenters. The predicted octanol–water partition coefficient (Wildman–Crippen LogP) is 6.85. The van der Waals surface area contributed by atoms with Crippen molar-refractivity contribution in [3.63, 3.8) is 0 Å². The number of carboxylic acid groups (broad SMARTS) is 1. The first kappa shape index (κ1) is 32.1. The molecule has 4 atom stereocenters. The van der Waals surface area contributed by atoms with Crippen LogP contribution in [0.25, 0.3) is 0 Å². The van der Waals surface area contributed by atoms with Crippen molar-refractivity contribution in [1.82, 2.24) is 4.90 Å². The van der Waals surface area contributed by atoms with Crippen LogP contribution in [0.3, 0.4) is 0 Å². The van der Waals surface area contributed by atoms with E-state index in [1.54, 1.807) is 6.92 Å². The Labute approximate surface area is 235 Å². The lowest BCUT2D eigenvalue weighted by atomic mass is 9.79. The SMILES string of the molecule is CCC(=O)O[C@@H](O[P@@](=O)(CCCCC1CCCCC1)CC(=O)N1C[C@H](C2CCCCC2)C[C@H]1C(=O)O)C(C)C. The van der Waals surface area contributed by atoms with E-state index in [9.17, 15) is 24.1 Å². The van der Waals surface area contributed by atoms with E-state index < -0.39 is 37.5 Å². The molecule has 1 aliphatic heterocycles. The number of hydrogen-bond donors (Lipinski definition) is 1. The summed E-state index contributed by atoms with van der Waals surface area (Å²) in [4.78, 5) is 39.3. The van der Waals surface area contributed by atoms with Gasteiger partial charge in [-0.25, -0.2) is 4.79 Å². The molecule has 1 saturated heterocycles. The monoisotopic (exact) mass is 569 g/mol. The minimum absolute atomic E-state index is 0.167. The largest absolute Gasteiger partial charge is 0.480 e. The second-order valence-corrected chi connectivity index (χ2v) is 15.2. The van der Waals surface area contributed by atoms with Gasteiger partial charge >= 0.3 is 11.9 Å². The fourth-order valence-electron chi connectivity index (χ4n) is 6.73. The summed E-state index contributed by atoms with van der Waals surface area (Å²) in [6.07, 6.45) is 14.3. The molecule has 1 N–H and O–H groups in total. The van der Waals surface area contributed by atoms with Gasteiger partial charge < -0.3 is 14.7 Å². The number of amides is 1. The van der Waals surface area contributed by atoms with Gasteiger partial charge in [0.15, 0.2) is 0 Å². The molecule has 2 saturated carbocycles. The fourth-order valence-corrected chi connectivity index (χ4v) is 9.04. The van der Waals surface area contributed by atoms with E-state index in [4.69, 9.17) is 9.26 Å². The standard InChI is InChI=1S/C30H52NO7P/c1-4-28(33)37-30(22(2)3)38-39(36,18-12-11-15-23-13-7-5-8-14-23)21-27(32)31-20-25(19-26(31)29(34)35)24-16-9-6-10-17-24/h22-26,30H,4-21H2,1-3H3,(H,34,35)/t25-,26+,30+,39+/m1/s1. The maximum absolute atomic E-state index is 14.3. The number of nitrogens with zero attached hydrogens (tertiary/aromatic N) is 1. The summed E-state index contributed by atoms with van der Waals surface area (Å²) >= 11 is 0. The molecule has 2 aliphatic carbocycles. The Morgan fingerprint density at radius 3 is 2.18 bits per heavy atom. The van der Waals surface area contributed by atoms with Crippen LogP contribution in [0.1, 0.15) is 117 Å². The zero-order valence-electron chi connectivity index (χ0n) is 24.5. The number of aliphatic carboxylic acids is 1. The van der Waals surface area contributed by atoms with E-state index >= 15 is 0 Å². The maximum atomic E-state index is 14.3. The minimum atomic E-state index is -3.54. The van der Waals surface area contributed by atoms with Gasteiger partial charge in [-0.05, 0) is 30.6 Å². The lowest BCUT2D eigenvalue weighted by Gasteiger charge is -2.30. The zero-order valence-corrected chi connectivity index (χ0v) is 25.4. The Balaban J connectivity index is 1.70. The van der Waals surface area contributed by atoms with E-state index in [-0.39, 0.29) is 30.6 Å². The first-order valence-electron chi connectivity index (χ1n) is 15.6. The van der Waals surface area contributed by atoms with Crippen LogP contribution in [0.15, 0.2) is 0 Å². The van der Waals surface area contributed by atoms with Gasteiger partial charge in [0.2, 0.25) is 19.6 Å². The Kier molecular flexibility index (Phi) is 12.8. The average molecular weight is 570 g/mol. The topological polar surface area (TPSA) is 110 Å². The predicted molar refractivity (Wildman–Crippen MR) is 152 cm³/mol. The summed E-state index contributed by atoms with van der Waals surface area (Å²) < 4.78 is 25.8. The third-order valence-electron chi connectivity index (χ3n) is 9.09. The van der Waals surface area contributed by atoms with Gasteiger partial charge in [-0.1, -0.05) is 97.8 Å². The lowest BCUT2D eigenvalue weighted by Crippen LogP contribution is -2.42. The molecule has 0 spiro atoms. The van der Waals surface area contributed by atoms with Gasteiger partial charge in [-0.15, -0.1) is 0 Å². The van der Waals surface area contributed by atoms with Crippen LogP contribution in [0.4, 0.5) is 0 Å². The molecule has 9 heteroatoms. The van der Waals surface area contributed by atoms with Crippen molar-refractivity contribution in [3.8, 4) is 0 Å². The molecule has 3 aliphatic rings. The van der Waals surface area contributed by atoms with Crippen molar-refractivity contribution in [2.45, 2.75) is 129 Å². The smallest absolute Gasteiger partial charge is 0.326 e. The van der Waals surface area contributed by atoms with Gasteiger partial charge in [0.25, 0.3) is 0 Å². The summed E-state index contributed by atoms with van der Waals surface area (Å²) in [6, 6.07) is -0.886. The summed E-state index contributed by atoms with van der Waals surface area (Å²) in [6.45, 7) is 5.76. The molecular formula is C30H52NO7P. The van der Waals surface area contributed by atoms with Gasteiger partial charge in [0, 0.05) is 25.0 Å². The number of hydrogen-bond acceptors (Lipinski definition) is 6. The molecule has 0 aromatic heterocycles. The summed E-state index contributed by atoms with van der Waals surface area (Å²) in [5.74, 6) is -0.764. The van der Waals surface area contributed by atoms with Crippen molar-refractivity contribution in [2.24, 2.45) is 23.7 Å². The number of esters is 1. The third-order valence-corrected chi connectivity index (χ3v) is 11.4. The molecule has 0 radical (unpaired) electrons. The first-order valence-corrected chi connectivity index (χ1v) is 17.6. The summed E-state index contributed by atoms with van der Waals surface area (Å²) in [7, 11) is -3.54. The third kappa shape index (κ3) is 9.88. The van der Waals surface area contributed by atoms with Gasteiger partial charge in [0.05, 0.1) is 0 Å². The number of ether oxygens (including phenoxy) is 1. The van der Waals surface area contributed by atoms with E-state index in [1.807, 2.05) is 13.8 Å². The molecule has 39 heavy (non-hydrogen) atoms. The summed E-state index contributed by atoms with van der Waals surface area (Å²) in [5.41, 5.74) is 0. The highest BCUT2D eigenvalue weighted by molar-refractivity contribution is 7.59. The van der Waals surface area contributed by atoms with Crippen molar-refractivity contribution in [2.75, 3.05) is 18.9 Å². The normalized spacial score (nSPS) is 25.4. The van der Waals surface area contributed by atoms with E-state index in [0.29, 0.717) is 31.2 Å². The second kappa shape index (κ2) is 15.6. The Morgan fingerprint density at radius 2 is 1.59 bits per heavy atom. The van der Waals surface area contributed by atoms with Crippen LogP contribution >= 0.6 is 7.37 Å². The van der Waals surface area contributed by atoms with Gasteiger partial charge in [-0.2, -0.15) is 0 Å². The highest BCUT2D eigenvalue weighted by atomic mass is 31.2. The highest BCUT2D eigenvalue weighted by Crippen LogP contribution is 2.51. The van der Waals surface area contributed by atoms with E-state index in [1.165, 1.54) is 43.4 Å². The molecule has 1 heterocycles. The first-order chi connectivity index (χ1) is 18.6. The van der Waals surface area contributed by atoms with Crippen LogP contribution in [0.2, 0.25) is 0 Å². The van der Waals surface area contributed by atoms with Crippen LogP contribution in [-0.4, -0.2) is 59.1 Å². The molecule has 3 fully saturated rings. The Hall–Kier alpha value is -1.40. The van der Waals surface area contributed by atoms with Gasteiger partial charge in [-0.3, -0.25) is 18.7 Å². The highest BCUT2D eigenvalue weighted by Gasteiger charge is 2.44. The molecule has 0 aromatic carbocycles. The van der Waals surface area contributed by atoms with Crippen molar-refractivity contribution < 1.29 is 33.3 Å². The number of unbranched alkanes of at least 4 members (excludes halogenated alkanes) is 1. The average Bonchev–Trinajstić information content (AvgIpc) is 3.38. The molecule has 8 nitrogen and oxygen atoms in total. The van der Waals surface area contributed by atoms with Crippen LogP contribution in [-0.2, 0) is 28.2 Å². The zero-order chi connectivity index (χ0) is 28.4. The summed E-state index contributed by atoms with van der Waals surface area (Å²) in [5, 5.41) is 9.94. The lowest BCUT2D eigenvalue weighted by molar-refractivity contribution is -0.169. The number of carboxylic acids is 1. The molecule has 0 bridgehead atoms. The minimum Gasteiger partial charge on any atom is -0.480 e. The second-order valence-electron chi connectivity index (χ2n) is 12.6. The quantitative estimate of drug-likeness (QED) is 0.105. The van der Waals surface area contributed by atoms with E-state index in [2.05, 4.69) is 0 Å². The molecule has 1 amide bonds. The molecule has 224 valence electrons. The van der Waals surface area contributed by atoms with Crippen molar-refractivity contribution in [3.05, 3.63) is 0 Å². The van der Waals surface area contributed by atoms with Crippen molar-refractivity contribution in [1.29, 1.82) is 0 Å². The molecular weight excluding hydrogens is 517 g/mol. The number of likely N-dealkylation sites (tertiary alicyclic amines) is 1. The Morgan fingerprint density at radius 1 is 0.949 bits per heavy atom. The maximum Gasteiger partial charge on any atom is 0.326 e. The number of rotatable bonds is 14. The number of carbonyl (C=O) groups is 3. The van der Waals surface area contributed by atoms with Crippen LogP contribution < -0.4 is 0 Å². The number of carbonyl (C=O) groups excluding carboxylic acids is 2. The molecule has 0 aromatic rings.